The number of nitrogens with two attached hydrogens (primary N) is 1. The van der Waals surface area contributed by atoms with Crippen LogP contribution in [0.5, 0.6) is 0 Å². The highest BCUT2D eigenvalue weighted by Crippen LogP contribution is 2.18. The van der Waals surface area contributed by atoms with Gasteiger partial charge in [-0.25, -0.2) is 0 Å². The lowest BCUT2D eigenvalue weighted by atomic mass is 10.3. The first kappa shape index (κ1) is 9.71. The molecule has 0 heterocycles. The Hall–Kier alpha value is -0.290. The zero-order chi connectivity index (χ0) is 8.20. The zero-order valence-corrected chi connectivity index (χ0v) is 5.61. The van der Waals surface area contributed by atoms with Crippen LogP contribution >= 0.6 is 0 Å². The van der Waals surface area contributed by atoms with Gasteiger partial charge in [-0.1, -0.05) is 0 Å². The molecule has 0 rings (SSSR count). The average Bonchev–Trinajstić information content (AvgIpc) is 1.80. The maximum atomic E-state index is 11.6. The van der Waals surface area contributed by atoms with Gasteiger partial charge in [0.1, 0.15) is 6.04 Å². The van der Waals surface area contributed by atoms with Gasteiger partial charge in [0.05, 0.1) is 6.61 Å². The molecular weight excluding hydrogens is 147 g/mol. The minimum Gasteiger partial charge on any atom is -0.380 e. The van der Waals surface area contributed by atoms with Crippen molar-refractivity contribution < 1.29 is 17.9 Å². The van der Waals surface area contributed by atoms with Crippen molar-refractivity contribution in [3.8, 4) is 0 Å². The molecule has 10 heavy (non-hydrogen) atoms. The molecule has 0 bridgehead atoms. The van der Waals surface area contributed by atoms with Crippen LogP contribution in [0.2, 0.25) is 0 Å². The summed E-state index contributed by atoms with van der Waals surface area (Å²) in [5.41, 5.74) is 4.69. The van der Waals surface area contributed by atoms with E-state index < -0.39 is 18.8 Å². The molecule has 2 nitrogen and oxygen atoms in total. The standard InChI is InChI=1S/C5H10F3NO/c1-2-10-3-4(9)5(6,7)8/h4H,2-3,9H2,1H3. The second-order valence-electron chi connectivity index (χ2n) is 1.81. The van der Waals surface area contributed by atoms with Crippen LogP contribution in [-0.2, 0) is 4.74 Å². The number of hydrogen-bond donors (Lipinski definition) is 1. The van der Waals surface area contributed by atoms with Gasteiger partial charge in [-0.3, -0.25) is 0 Å². The SMILES string of the molecule is CCOCC(N)C(F)(F)F. The van der Waals surface area contributed by atoms with E-state index in [1.54, 1.807) is 6.92 Å². The van der Waals surface area contributed by atoms with Crippen molar-refractivity contribution in [2.75, 3.05) is 13.2 Å². The van der Waals surface area contributed by atoms with E-state index in [9.17, 15) is 13.2 Å². The van der Waals surface area contributed by atoms with Gasteiger partial charge in [-0.05, 0) is 6.92 Å². The lowest BCUT2D eigenvalue weighted by Gasteiger charge is -2.14. The van der Waals surface area contributed by atoms with Crippen LogP contribution in [0.25, 0.3) is 0 Å². The van der Waals surface area contributed by atoms with E-state index in [0.29, 0.717) is 0 Å². The molecule has 0 aromatic carbocycles. The molecule has 0 aliphatic carbocycles. The van der Waals surface area contributed by atoms with Gasteiger partial charge in [0.25, 0.3) is 0 Å². The second-order valence-corrected chi connectivity index (χ2v) is 1.81. The number of rotatable bonds is 3. The lowest BCUT2D eigenvalue weighted by Crippen LogP contribution is -2.41. The van der Waals surface area contributed by atoms with Crippen LogP contribution in [0.15, 0.2) is 0 Å². The van der Waals surface area contributed by atoms with E-state index in [-0.39, 0.29) is 6.61 Å². The summed E-state index contributed by atoms with van der Waals surface area (Å²) >= 11 is 0. The predicted octanol–water partition coefficient (Wildman–Crippen LogP) is 0.912. The van der Waals surface area contributed by atoms with E-state index in [2.05, 4.69) is 10.5 Å². The fourth-order valence-corrected chi connectivity index (χ4v) is 0.339. The van der Waals surface area contributed by atoms with Crippen LogP contribution in [-0.4, -0.2) is 25.4 Å². The maximum Gasteiger partial charge on any atom is 0.405 e. The van der Waals surface area contributed by atoms with Crippen molar-refractivity contribution in [1.82, 2.24) is 0 Å². The highest BCUT2D eigenvalue weighted by Gasteiger charge is 2.36. The van der Waals surface area contributed by atoms with Gasteiger partial charge in [0.15, 0.2) is 0 Å². The monoisotopic (exact) mass is 157 g/mol. The molecule has 62 valence electrons. The summed E-state index contributed by atoms with van der Waals surface area (Å²) in [6.07, 6.45) is -4.34. The molecule has 1 unspecified atom stereocenters. The Morgan fingerprint density at radius 3 is 2.30 bits per heavy atom. The molecule has 0 spiro atoms. The van der Waals surface area contributed by atoms with Crippen LogP contribution in [0.1, 0.15) is 6.92 Å². The molecular formula is C5H10F3NO. The van der Waals surface area contributed by atoms with Crippen molar-refractivity contribution in [1.29, 1.82) is 0 Å². The summed E-state index contributed by atoms with van der Waals surface area (Å²) in [6, 6.07) is -1.85. The number of ether oxygens (including phenoxy) is 1. The Labute approximate surface area is 57.1 Å². The van der Waals surface area contributed by atoms with Crippen molar-refractivity contribution in [2.24, 2.45) is 5.73 Å². The molecule has 0 aliphatic heterocycles. The average molecular weight is 157 g/mol. The third-order valence-electron chi connectivity index (χ3n) is 0.922. The summed E-state index contributed by atoms with van der Waals surface area (Å²) < 4.78 is 39.2. The predicted molar refractivity (Wildman–Crippen MR) is 30.5 cm³/mol. The second kappa shape index (κ2) is 3.78. The van der Waals surface area contributed by atoms with Gasteiger partial charge >= 0.3 is 6.18 Å². The van der Waals surface area contributed by atoms with Gasteiger partial charge in [0.2, 0.25) is 0 Å². The molecule has 0 aromatic rings. The normalized spacial score (nSPS) is 15.3. The molecule has 2 N–H and O–H groups in total. The Morgan fingerprint density at radius 1 is 1.50 bits per heavy atom. The fraction of sp³-hybridized carbons (Fsp3) is 1.00. The van der Waals surface area contributed by atoms with Gasteiger partial charge in [0, 0.05) is 6.61 Å². The highest BCUT2D eigenvalue weighted by molar-refractivity contribution is 4.68. The van der Waals surface area contributed by atoms with Crippen LogP contribution in [0.4, 0.5) is 13.2 Å². The molecule has 0 aliphatic rings. The van der Waals surface area contributed by atoms with Crippen LogP contribution < -0.4 is 5.73 Å². The first-order chi connectivity index (χ1) is 4.48. The molecule has 0 fully saturated rings. The third kappa shape index (κ3) is 3.68. The van der Waals surface area contributed by atoms with E-state index >= 15 is 0 Å². The van der Waals surface area contributed by atoms with E-state index in [4.69, 9.17) is 0 Å². The minimum atomic E-state index is -4.34. The maximum absolute atomic E-state index is 11.6. The van der Waals surface area contributed by atoms with E-state index in [1.165, 1.54) is 0 Å². The topological polar surface area (TPSA) is 35.2 Å². The fourth-order valence-electron chi connectivity index (χ4n) is 0.339. The summed E-state index contributed by atoms with van der Waals surface area (Å²) in [4.78, 5) is 0. The molecule has 1 atom stereocenters. The smallest absolute Gasteiger partial charge is 0.380 e. The van der Waals surface area contributed by atoms with Gasteiger partial charge in [-0.15, -0.1) is 0 Å². The Kier molecular flexibility index (Phi) is 3.67. The number of halogens is 3. The quantitative estimate of drug-likeness (QED) is 0.660. The van der Waals surface area contributed by atoms with E-state index in [0.717, 1.165) is 0 Å². The zero-order valence-electron chi connectivity index (χ0n) is 5.61. The molecule has 0 saturated carbocycles. The number of hydrogen-bond acceptors (Lipinski definition) is 2. The van der Waals surface area contributed by atoms with Gasteiger partial charge in [-0.2, -0.15) is 13.2 Å². The van der Waals surface area contributed by atoms with Crippen molar-refractivity contribution in [3.63, 3.8) is 0 Å². The van der Waals surface area contributed by atoms with Crippen molar-refractivity contribution in [2.45, 2.75) is 19.1 Å². The van der Waals surface area contributed by atoms with Crippen LogP contribution in [0, 0.1) is 0 Å². The molecule has 5 heteroatoms. The van der Waals surface area contributed by atoms with Crippen LogP contribution in [0.3, 0.4) is 0 Å². The Morgan fingerprint density at radius 2 is 2.00 bits per heavy atom. The third-order valence-corrected chi connectivity index (χ3v) is 0.922. The minimum absolute atomic E-state index is 0.254. The highest BCUT2D eigenvalue weighted by atomic mass is 19.4. The Bertz CT molecular complexity index is 93.4. The van der Waals surface area contributed by atoms with Gasteiger partial charge < -0.3 is 10.5 Å². The van der Waals surface area contributed by atoms with E-state index in [1.807, 2.05) is 0 Å². The largest absolute Gasteiger partial charge is 0.405 e. The number of alkyl halides is 3. The lowest BCUT2D eigenvalue weighted by molar-refractivity contribution is -0.158. The summed E-state index contributed by atoms with van der Waals surface area (Å²) in [5, 5.41) is 0. The first-order valence-electron chi connectivity index (χ1n) is 2.88. The summed E-state index contributed by atoms with van der Waals surface area (Å²) in [7, 11) is 0. The Balaban J connectivity index is 3.52. The molecule has 0 saturated heterocycles. The van der Waals surface area contributed by atoms with Crippen molar-refractivity contribution in [3.05, 3.63) is 0 Å². The first-order valence-corrected chi connectivity index (χ1v) is 2.88. The summed E-state index contributed by atoms with van der Waals surface area (Å²) in [5.74, 6) is 0. The molecule has 0 aromatic heterocycles. The van der Waals surface area contributed by atoms with Crippen molar-refractivity contribution >= 4 is 0 Å². The molecule has 0 amide bonds. The molecule has 0 radical (unpaired) electrons. The summed E-state index contributed by atoms with van der Waals surface area (Å²) in [6.45, 7) is 1.41.